The lowest BCUT2D eigenvalue weighted by Gasteiger charge is -2.00. The number of aromatic nitrogens is 3. The van der Waals surface area contributed by atoms with Crippen LogP contribution in [0.2, 0.25) is 5.15 Å². The molecule has 0 saturated heterocycles. The lowest BCUT2D eigenvalue weighted by molar-refractivity contribution is -0.111. The van der Waals surface area contributed by atoms with Crippen molar-refractivity contribution in [2.24, 2.45) is 7.05 Å². The monoisotopic (exact) mass is 290 g/mol. The van der Waals surface area contributed by atoms with Gasteiger partial charge in [-0.3, -0.25) is 9.48 Å². The molecule has 0 aliphatic heterocycles. The first kappa shape index (κ1) is 14.3. The number of hydrogen-bond donors (Lipinski definition) is 1. The van der Waals surface area contributed by atoms with Crippen molar-refractivity contribution in [3.8, 4) is 0 Å². The molecule has 2 rings (SSSR count). The van der Waals surface area contributed by atoms with E-state index < -0.39 is 0 Å². The Kier molecular flexibility index (Phi) is 4.20. The number of amides is 1. The number of pyridine rings is 1. The number of anilines is 1. The van der Waals surface area contributed by atoms with Crippen LogP contribution in [0.5, 0.6) is 0 Å². The first-order chi connectivity index (χ1) is 9.47. The average Bonchev–Trinajstić information content (AvgIpc) is 2.64. The van der Waals surface area contributed by atoms with E-state index in [2.05, 4.69) is 15.4 Å². The molecule has 2 aromatic rings. The van der Waals surface area contributed by atoms with Crippen LogP contribution in [0, 0.1) is 13.8 Å². The normalized spacial score (nSPS) is 11.0. The Morgan fingerprint density at radius 2 is 2.15 bits per heavy atom. The quantitative estimate of drug-likeness (QED) is 0.884. The molecule has 0 aromatic carbocycles. The molecule has 0 radical (unpaired) electrons. The predicted octanol–water partition coefficient (Wildman–Crippen LogP) is 2.74. The second-order valence-corrected chi connectivity index (χ2v) is 4.81. The van der Waals surface area contributed by atoms with Crippen LogP contribution in [0.15, 0.2) is 24.4 Å². The predicted molar refractivity (Wildman–Crippen MR) is 79.6 cm³/mol. The highest BCUT2D eigenvalue weighted by Gasteiger charge is 2.08. The zero-order chi connectivity index (χ0) is 14.7. The van der Waals surface area contributed by atoms with Crippen molar-refractivity contribution in [3.63, 3.8) is 0 Å². The van der Waals surface area contributed by atoms with Gasteiger partial charge in [-0.2, -0.15) is 5.10 Å². The molecule has 0 unspecified atom stereocenters. The van der Waals surface area contributed by atoms with Crippen molar-refractivity contribution in [1.82, 2.24) is 14.8 Å². The second kappa shape index (κ2) is 5.88. The summed E-state index contributed by atoms with van der Waals surface area (Å²) in [5.41, 5.74) is 2.55. The summed E-state index contributed by atoms with van der Waals surface area (Å²) in [5, 5.41) is 7.35. The highest BCUT2D eigenvalue weighted by Crippen LogP contribution is 2.19. The van der Waals surface area contributed by atoms with E-state index >= 15 is 0 Å². The molecule has 5 nitrogen and oxygen atoms in total. The number of halogens is 1. The molecular weight excluding hydrogens is 276 g/mol. The van der Waals surface area contributed by atoms with E-state index in [-0.39, 0.29) is 5.91 Å². The molecule has 0 saturated carbocycles. The molecule has 0 spiro atoms. The van der Waals surface area contributed by atoms with Crippen molar-refractivity contribution in [1.29, 1.82) is 0 Å². The molecular formula is C14H15ClN4O. The van der Waals surface area contributed by atoms with Gasteiger partial charge in [0.1, 0.15) is 11.0 Å². The Balaban J connectivity index is 2.07. The highest BCUT2D eigenvalue weighted by molar-refractivity contribution is 6.31. The number of carbonyl (C=O) groups is 1. The minimum atomic E-state index is -0.263. The van der Waals surface area contributed by atoms with Gasteiger partial charge >= 0.3 is 0 Å². The van der Waals surface area contributed by atoms with Gasteiger partial charge in [-0.05, 0) is 31.6 Å². The van der Waals surface area contributed by atoms with E-state index in [1.807, 2.05) is 19.9 Å². The third-order valence-electron chi connectivity index (χ3n) is 2.76. The molecule has 1 N–H and O–H groups in total. The Bertz CT molecular complexity index is 659. The van der Waals surface area contributed by atoms with E-state index in [0.717, 1.165) is 16.8 Å². The third-order valence-corrected chi connectivity index (χ3v) is 3.21. The standard InChI is InChI=1S/C14H15ClN4O/c1-9-4-6-12(16-8-9)17-13(20)7-5-11-10(2)18-19(3)14(11)15/h4-8H,1-3H3,(H,16,17,20)/b7-5+. The zero-order valence-corrected chi connectivity index (χ0v) is 12.3. The van der Waals surface area contributed by atoms with E-state index in [0.29, 0.717) is 11.0 Å². The van der Waals surface area contributed by atoms with Crippen LogP contribution in [0.3, 0.4) is 0 Å². The van der Waals surface area contributed by atoms with Gasteiger partial charge < -0.3 is 5.32 Å². The van der Waals surface area contributed by atoms with E-state index in [1.54, 1.807) is 30.1 Å². The van der Waals surface area contributed by atoms with Crippen LogP contribution >= 0.6 is 11.6 Å². The fourth-order valence-corrected chi connectivity index (χ4v) is 1.94. The number of nitrogens with zero attached hydrogens (tertiary/aromatic N) is 3. The summed E-state index contributed by atoms with van der Waals surface area (Å²) < 4.78 is 1.57. The van der Waals surface area contributed by atoms with Gasteiger partial charge in [0.2, 0.25) is 5.91 Å². The van der Waals surface area contributed by atoms with Crippen molar-refractivity contribution in [2.45, 2.75) is 13.8 Å². The fraction of sp³-hybridized carbons (Fsp3) is 0.214. The molecule has 0 aliphatic carbocycles. The Hall–Kier alpha value is -2.14. The molecule has 20 heavy (non-hydrogen) atoms. The van der Waals surface area contributed by atoms with Crippen LogP contribution in [-0.4, -0.2) is 20.7 Å². The van der Waals surface area contributed by atoms with Gasteiger partial charge in [-0.25, -0.2) is 4.98 Å². The maximum absolute atomic E-state index is 11.8. The first-order valence-electron chi connectivity index (χ1n) is 6.08. The Labute approximate surface area is 122 Å². The van der Waals surface area contributed by atoms with Crippen molar-refractivity contribution >= 4 is 29.4 Å². The average molecular weight is 291 g/mol. The number of aryl methyl sites for hydroxylation is 3. The second-order valence-electron chi connectivity index (χ2n) is 4.46. The molecule has 2 heterocycles. The fourth-order valence-electron chi connectivity index (χ4n) is 1.70. The van der Waals surface area contributed by atoms with Crippen LogP contribution in [0.1, 0.15) is 16.8 Å². The molecule has 0 bridgehead atoms. The van der Waals surface area contributed by atoms with E-state index in [9.17, 15) is 4.79 Å². The van der Waals surface area contributed by atoms with Crippen LogP contribution < -0.4 is 5.32 Å². The number of carbonyl (C=O) groups excluding carboxylic acids is 1. The smallest absolute Gasteiger partial charge is 0.249 e. The minimum absolute atomic E-state index is 0.263. The van der Waals surface area contributed by atoms with Crippen LogP contribution in [0.25, 0.3) is 6.08 Å². The van der Waals surface area contributed by atoms with E-state index in [1.165, 1.54) is 6.08 Å². The summed E-state index contributed by atoms with van der Waals surface area (Å²) in [7, 11) is 1.75. The zero-order valence-electron chi connectivity index (χ0n) is 11.5. The maximum Gasteiger partial charge on any atom is 0.249 e. The van der Waals surface area contributed by atoms with Crippen molar-refractivity contribution < 1.29 is 4.79 Å². The highest BCUT2D eigenvalue weighted by atomic mass is 35.5. The summed E-state index contributed by atoms with van der Waals surface area (Å²) in [5.74, 6) is 0.250. The van der Waals surface area contributed by atoms with Crippen molar-refractivity contribution in [2.75, 3.05) is 5.32 Å². The molecule has 0 fully saturated rings. The van der Waals surface area contributed by atoms with E-state index in [4.69, 9.17) is 11.6 Å². The van der Waals surface area contributed by atoms with Gasteiger partial charge in [-0.1, -0.05) is 17.7 Å². The Morgan fingerprint density at radius 1 is 1.40 bits per heavy atom. The third kappa shape index (κ3) is 3.24. The molecule has 104 valence electrons. The topological polar surface area (TPSA) is 59.8 Å². The molecule has 2 aromatic heterocycles. The van der Waals surface area contributed by atoms with Crippen LogP contribution in [-0.2, 0) is 11.8 Å². The summed E-state index contributed by atoms with van der Waals surface area (Å²) >= 11 is 6.08. The lowest BCUT2D eigenvalue weighted by Crippen LogP contribution is -2.09. The summed E-state index contributed by atoms with van der Waals surface area (Å²) in [4.78, 5) is 15.9. The summed E-state index contributed by atoms with van der Waals surface area (Å²) in [6.45, 7) is 3.77. The molecule has 1 amide bonds. The molecule has 0 atom stereocenters. The van der Waals surface area contributed by atoms with Gasteiger partial charge in [0.15, 0.2) is 0 Å². The summed E-state index contributed by atoms with van der Waals surface area (Å²) in [6.07, 6.45) is 4.76. The minimum Gasteiger partial charge on any atom is -0.307 e. The SMILES string of the molecule is Cc1ccc(NC(=O)/C=C/c2c(C)nn(C)c2Cl)nc1. The Morgan fingerprint density at radius 3 is 2.70 bits per heavy atom. The number of rotatable bonds is 3. The van der Waals surface area contributed by atoms with Crippen LogP contribution in [0.4, 0.5) is 5.82 Å². The number of hydrogen-bond acceptors (Lipinski definition) is 3. The largest absolute Gasteiger partial charge is 0.307 e. The van der Waals surface area contributed by atoms with Gasteiger partial charge in [0.05, 0.1) is 5.69 Å². The number of nitrogens with one attached hydrogen (secondary N) is 1. The summed E-state index contributed by atoms with van der Waals surface area (Å²) in [6, 6.07) is 3.64. The maximum atomic E-state index is 11.8. The molecule has 0 aliphatic rings. The lowest BCUT2D eigenvalue weighted by atomic mass is 10.2. The van der Waals surface area contributed by atoms with Gasteiger partial charge in [-0.15, -0.1) is 0 Å². The van der Waals surface area contributed by atoms with Gasteiger partial charge in [0, 0.05) is 24.9 Å². The molecule has 6 heteroatoms. The van der Waals surface area contributed by atoms with Gasteiger partial charge in [0.25, 0.3) is 0 Å². The van der Waals surface area contributed by atoms with Crippen molar-refractivity contribution in [3.05, 3.63) is 46.4 Å². The first-order valence-corrected chi connectivity index (χ1v) is 6.46.